The van der Waals surface area contributed by atoms with Gasteiger partial charge in [-0.25, -0.2) is 23.2 Å². The molecule has 0 bridgehead atoms. The van der Waals surface area contributed by atoms with Crippen LogP contribution < -0.4 is 26.6 Å². The molecule has 320 valence electrons. The van der Waals surface area contributed by atoms with Crippen molar-refractivity contribution in [3.05, 3.63) is 58.9 Å². The van der Waals surface area contributed by atoms with Crippen LogP contribution in [-0.4, -0.2) is 77.1 Å². The smallest absolute Gasteiger partial charge is 0.408 e. The molecule has 0 radical (unpaired) electrons. The highest BCUT2D eigenvalue weighted by Gasteiger charge is 2.26. The van der Waals surface area contributed by atoms with E-state index in [2.05, 4.69) is 37.5 Å². The molecule has 0 aliphatic carbocycles. The molecule has 0 aliphatic rings. The SMILES string of the molecule is CC(C)(C)OC(=O)NCCCC[C@H](NC(=O)OC(C)(C)C)C(=O)NCCCC[C@H](NC(=O)OC(C)(C)C)C(=O)Nc1ccc(C#Cc2c(F)c(F)nc(F)c2F)cc1. The molecule has 0 spiro atoms. The zero-order valence-electron chi connectivity index (χ0n) is 34.3. The molecule has 0 fully saturated rings. The summed E-state index contributed by atoms with van der Waals surface area (Å²) in [6, 6.07) is 3.59. The number of carbonyl (C=O) groups is 5. The van der Waals surface area contributed by atoms with Crippen LogP contribution in [-0.2, 0) is 23.8 Å². The topological polar surface area (TPSA) is 186 Å². The van der Waals surface area contributed by atoms with Gasteiger partial charge in [-0.15, -0.1) is 0 Å². The lowest BCUT2D eigenvalue weighted by molar-refractivity contribution is -0.123. The predicted molar refractivity (Wildman–Crippen MR) is 206 cm³/mol. The number of anilines is 1. The second-order valence-electron chi connectivity index (χ2n) is 16.1. The van der Waals surface area contributed by atoms with Crippen molar-refractivity contribution in [2.24, 2.45) is 0 Å². The van der Waals surface area contributed by atoms with E-state index < -0.39 is 88.1 Å². The molecule has 5 amide bonds. The number of nitrogens with zero attached hydrogens (tertiary/aromatic N) is 1. The summed E-state index contributed by atoms with van der Waals surface area (Å²) in [5, 5.41) is 13.3. The average molecular weight is 823 g/mol. The zero-order chi connectivity index (χ0) is 43.8. The molecule has 1 heterocycles. The summed E-state index contributed by atoms with van der Waals surface area (Å²) >= 11 is 0. The third-order valence-electron chi connectivity index (χ3n) is 7.30. The molecule has 18 heteroatoms. The number of carbonyl (C=O) groups excluding carboxylic acids is 5. The number of unbranched alkanes of at least 4 members (excludes halogenated alkanes) is 2. The Hall–Kier alpha value is -5.60. The maximum absolute atomic E-state index is 13.9. The van der Waals surface area contributed by atoms with E-state index in [1.54, 1.807) is 62.3 Å². The summed E-state index contributed by atoms with van der Waals surface area (Å²) in [4.78, 5) is 66.1. The number of amides is 5. The van der Waals surface area contributed by atoms with Crippen LogP contribution in [0.25, 0.3) is 0 Å². The van der Waals surface area contributed by atoms with Gasteiger partial charge in [0.2, 0.25) is 11.8 Å². The van der Waals surface area contributed by atoms with Crippen molar-refractivity contribution in [3.8, 4) is 11.8 Å². The lowest BCUT2D eigenvalue weighted by atomic mass is 10.1. The van der Waals surface area contributed by atoms with E-state index in [0.717, 1.165) is 0 Å². The molecule has 0 saturated heterocycles. The maximum Gasteiger partial charge on any atom is 0.408 e. The van der Waals surface area contributed by atoms with Gasteiger partial charge in [0.15, 0.2) is 11.6 Å². The lowest BCUT2D eigenvalue weighted by Gasteiger charge is -2.24. The monoisotopic (exact) mass is 822 g/mol. The van der Waals surface area contributed by atoms with Crippen LogP contribution in [0.2, 0.25) is 0 Å². The fourth-order valence-corrected chi connectivity index (χ4v) is 4.82. The number of alkyl carbamates (subject to hydrolysis) is 3. The summed E-state index contributed by atoms with van der Waals surface area (Å²) in [5.74, 6) is -3.78. The number of benzene rings is 1. The molecule has 0 aliphatic heterocycles. The minimum atomic E-state index is -1.84. The molecule has 0 saturated carbocycles. The number of aromatic nitrogens is 1. The van der Waals surface area contributed by atoms with Crippen LogP contribution in [0.15, 0.2) is 24.3 Å². The van der Waals surface area contributed by atoms with Gasteiger partial charge in [-0.2, -0.15) is 13.8 Å². The molecule has 2 atom stereocenters. The first kappa shape index (κ1) is 48.5. The molecule has 2 aromatic rings. The van der Waals surface area contributed by atoms with E-state index >= 15 is 0 Å². The molecular formula is C40H54F4N6O8. The van der Waals surface area contributed by atoms with Crippen LogP contribution in [0.3, 0.4) is 0 Å². The molecule has 1 aromatic carbocycles. The lowest BCUT2D eigenvalue weighted by Crippen LogP contribution is -2.48. The number of halogens is 4. The van der Waals surface area contributed by atoms with Crippen LogP contribution in [0, 0.1) is 35.4 Å². The second-order valence-corrected chi connectivity index (χ2v) is 16.1. The predicted octanol–water partition coefficient (Wildman–Crippen LogP) is 6.74. The molecule has 14 nitrogen and oxygen atoms in total. The fourth-order valence-electron chi connectivity index (χ4n) is 4.82. The summed E-state index contributed by atoms with van der Waals surface area (Å²) < 4.78 is 70.6. The summed E-state index contributed by atoms with van der Waals surface area (Å²) in [6.45, 7) is 15.8. The summed E-state index contributed by atoms with van der Waals surface area (Å²) in [6.07, 6.45) is -0.0838. The van der Waals surface area contributed by atoms with Gasteiger partial charge in [-0.3, -0.25) is 9.59 Å². The Labute approximate surface area is 336 Å². The van der Waals surface area contributed by atoms with Crippen molar-refractivity contribution in [1.82, 2.24) is 26.3 Å². The van der Waals surface area contributed by atoms with E-state index in [-0.39, 0.29) is 30.6 Å². The van der Waals surface area contributed by atoms with Gasteiger partial charge in [0.05, 0.1) is 0 Å². The average Bonchev–Trinajstić information content (AvgIpc) is 3.07. The molecule has 0 unspecified atom stereocenters. The number of hydrogen-bond donors (Lipinski definition) is 5. The zero-order valence-corrected chi connectivity index (χ0v) is 34.3. The van der Waals surface area contributed by atoms with Crippen molar-refractivity contribution in [1.29, 1.82) is 0 Å². The third-order valence-corrected chi connectivity index (χ3v) is 7.30. The number of hydrogen-bond acceptors (Lipinski definition) is 9. The molecule has 1 aromatic heterocycles. The van der Waals surface area contributed by atoms with E-state index in [1.165, 1.54) is 24.3 Å². The first-order valence-electron chi connectivity index (χ1n) is 18.7. The van der Waals surface area contributed by atoms with Crippen LogP contribution in [0.4, 0.5) is 37.6 Å². The Bertz CT molecular complexity index is 1790. The highest BCUT2D eigenvalue weighted by Crippen LogP contribution is 2.17. The van der Waals surface area contributed by atoms with Gasteiger partial charge in [0, 0.05) is 24.3 Å². The Morgan fingerprint density at radius 3 is 1.50 bits per heavy atom. The van der Waals surface area contributed by atoms with Crippen LogP contribution >= 0.6 is 0 Å². The van der Waals surface area contributed by atoms with Crippen LogP contribution in [0.1, 0.15) is 112 Å². The molecule has 58 heavy (non-hydrogen) atoms. The van der Waals surface area contributed by atoms with Gasteiger partial charge in [0.1, 0.15) is 34.5 Å². The van der Waals surface area contributed by atoms with Gasteiger partial charge in [0.25, 0.3) is 11.9 Å². The summed E-state index contributed by atoms with van der Waals surface area (Å²) in [7, 11) is 0. The van der Waals surface area contributed by atoms with Crippen molar-refractivity contribution in [2.75, 3.05) is 18.4 Å². The van der Waals surface area contributed by atoms with Crippen molar-refractivity contribution >= 4 is 35.8 Å². The third kappa shape index (κ3) is 19.0. The van der Waals surface area contributed by atoms with Crippen molar-refractivity contribution in [3.63, 3.8) is 0 Å². The second kappa shape index (κ2) is 21.8. The Balaban J connectivity index is 2.03. The highest BCUT2D eigenvalue weighted by molar-refractivity contribution is 5.96. The van der Waals surface area contributed by atoms with E-state index in [4.69, 9.17) is 14.2 Å². The molecular weight excluding hydrogens is 768 g/mol. The van der Waals surface area contributed by atoms with Crippen molar-refractivity contribution in [2.45, 2.75) is 130 Å². The van der Waals surface area contributed by atoms with E-state index in [0.29, 0.717) is 32.2 Å². The normalized spacial score (nSPS) is 12.5. The van der Waals surface area contributed by atoms with E-state index in [9.17, 15) is 41.5 Å². The summed E-state index contributed by atoms with van der Waals surface area (Å²) in [5.41, 5.74) is -2.97. The Morgan fingerprint density at radius 1 is 0.603 bits per heavy atom. The first-order chi connectivity index (χ1) is 26.8. The van der Waals surface area contributed by atoms with Gasteiger partial charge in [-0.05, 0) is 125 Å². The Morgan fingerprint density at radius 2 is 1.03 bits per heavy atom. The van der Waals surface area contributed by atoms with E-state index in [1.807, 2.05) is 5.92 Å². The number of nitrogens with one attached hydrogen (secondary N) is 5. The van der Waals surface area contributed by atoms with Crippen molar-refractivity contribution < 1.29 is 55.7 Å². The minimum Gasteiger partial charge on any atom is -0.444 e. The fraction of sp³-hybridized carbons (Fsp3) is 0.550. The molecule has 5 N–H and O–H groups in total. The number of pyridine rings is 1. The highest BCUT2D eigenvalue weighted by atomic mass is 19.2. The Kier molecular flexibility index (Phi) is 18.2. The first-order valence-corrected chi connectivity index (χ1v) is 18.7. The number of rotatable bonds is 15. The minimum absolute atomic E-state index is 0.130. The van der Waals surface area contributed by atoms with Crippen LogP contribution in [0.5, 0.6) is 0 Å². The quantitative estimate of drug-likeness (QED) is 0.0426. The van der Waals surface area contributed by atoms with Gasteiger partial charge in [-0.1, -0.05) is 11.8 Å². The standard InChI is InChI=1S/C40H54F4N6O8/c1-38(2,3)56-35(53)46-23-13-11-14-27(48-36(54)57-39(4,5)6)33(51)45-22-12-10-15-28(49-37(55)58-40(7,8)9)34(52)47-25-19-16-24(17-20-25)18-21-26-29(41)31(43)50-32(44)30(26)42/h16-17,19-20,27-28H,10-15,22-23H2,1-9H3,(H,45,51)(H,46,53)(H,47,52)(H,48,54)(H,49,55)/t27-,28-/m0/s1. The van der Waals surface area contributed by atoms with Gasteiger partial charge < -0.3 is 40.8 Å². The number of ether oxygens (including phenoxy) is 3. The van der Waals surface area contributed by atoms with Gasteiger partial charge >= 0.3 is 18.3 Å². The largest absolute Gasteiger partial charge is 0.444 e. The molecule has 2 rings (SSSR count). The maximum atomic E-state index is 13.9.